The summed E-state index contributed by atoms with van der Waals surface area (Å²) in [6, 6.07) is 0. The molecule has 0 spiro atoms. The minimum atomic E-state index is -3.55. The van der Waals surface area contributed by atoms with Crippen LogP contribution < -0.4 is 0 Å². The van der Waals surface area contributed by atoms with Gasteiger partial charge in [0.25, 0.3) is 5.92 Å². The van der Waals surface area contributed by atoms with E-state index >= 15 is 0 Å². The van der Waals surface area contributed by atoms with E-state index in [1.807, 2.05) is 6.92 Å². The third kappa shape index (κ3) is 9.42. The van der Waals surface area contributed by atoms with Gasteiger partial charge in [0.1, 0.15) is 26.1 Å². The number of ether oxygens (including phenoxy) is 3. The summed E-state index contributed by atoms with van der Waals surface area (Å²) in [6.07, 6.45) is -2.37. The number of esters is 3. The van der Waals surface area contributed by atoms with Crippen LogP contribution in [0.4, 0.5) is 8.78 Å². The minimum Gasteiger partial charge on any atom is -0.463 e. The standard InChI is InChI=1S/C16H26F2O6/c1-6-15(4,5)14(21)23-8-7-22-12(19)9-16(17,18)10-13(20)24-11(2)3/h11H,6-10H2,1-5H3. The normalized spacial score (nSPS) is 12.0. The molecule has 0 aliphatic rings. The van der Waals surface area contributed by atoms with Gasteiger partial charge in [0.15, 0.2) is 0 Å². The zero-order chi connectivity index (χ0) is 19.0. The smallest absolute Gasteiger partial charge is 0.312 e. The third-order valence-electron chi connectivity index (χ3n) is 3.19. The highest BCUT2D eigenvalue weighted by atomic mass is 19.3. The number of carbonyl (C=O) groups is 3. The van der Waals surface area contributed by atoms with E-state index in [0.717, 1.165) is 0 Å². The first-order valence-corrected chi connectivity index (χ1v) is 7.80. The van der Waals surface area contributed by atoms with E-state index < -0.39 is 48.2 Å². The average Bonchev–Trinajstić information content (AvgIpc) is 2.40. The first-order valence-electron chi connectivity index (χ1n) is 7.80. The lowest BCUT2D eigenvalue weighted by Crippen LogP contribution is -2.29. The molecule has 0 fully saturated rings. The van der Waals surface area contributed by atoms with Crippen molar-refractivity contribution in [3.63, 3.8) is 0 Å². The lowest BCUT2D eigenvalue weighted by molar-refractivity contribution is -0.165. The van der Waals surface area contributed by atoms with Crippen LogP contribution in [0.25, 0.3) is 0 Å². The molecule has 0 aromatic carbocycles. The highest BCUT2D eigenvalue weighted by molar-refractivity contribution is 5.76. The molecule has 0 aromatic rings. The zero-order valence-electron chi connectivity index (χ0n) is 14.8. The van der Waals surface area contributed by atoms with Gasteiger partial charge in [-0.25, -0.2) is 8.78 Å². The SMILES string of the molecule is CCC(C)(C)C(=O)OCCOC(=O)CC(F)(F)CC(=O)OC(C)C. The van der Waals surface area contributed by atoms with Crippen molar-refractivity contribution in [2.24, 2.45) is 5.41 Å². The summed E-state index contributed by atoms with van der Waals surface area (Å²) in [4.78, 5) is 34.2. The number of hydrogen-bond donors (Lipinski definition) is 0. The van der Waals surface area contributed by atoms with Crippen LogP contribution in [0.5, 0.6) is 0 Å². The molecule has 0 saturated heterocycles. The van der Waals surface area contributed by atoms with Gasteiger partial charge in [0, 0.05) is 0 Å². The number of alkyl halides is 2. The second-order valence-electron chi connectivity index (χ2n) is 6.34. The zero-order valence-corrected chi connectivity index (χ0v) is 14.8. The fraction of sp³-hybridized carbons (Fsp3) is 0.812. The van der Waals surface area contributed by atoms with Gasteiger partial charge in [-0.15, -0.1) is 0 Å². The van der Waals surface area contributed by atoms with Gasteiger partial charge in [0.2, 0.25) is 0 Å². The van der Waals surface area contributed by atoms with E-state index in [0.29, 0.717) is 6.42 Å². The highest BCUT2D eigenvalue weighted by Gasteiger charge is 2.37. The highest BCUT2D eigenvalue weighted by Crippen LogP contribution is 2.24. The molecule has 140 valence electrons. The van der Waals surface area contributed by atoms with E-state index in [1.54, 1.807) is 13.8 Å². The van der Waals surface area contributed by atoms with E-state index in [2.05, 4.69) is 9.47 Å². The molecule has 0 bridgehead atoms. The second kappa shape index (κ2) is 9.54. The molecule has 0 heterocycles. The number of halogens is 2. The Kier molecular flexibility index (Phi) is 8.85. The number of carbonyl (C=O) groups excluding carboxylic acids is 3. The van der Waals surface area contributed by atoms with Gasteiger partial charge in [0.05, 0.1) is 11.5 Å². The quantitative estimate of drug-likeness (QED) is 0.342. The first-order chi connectivity index (χ1) is 10.9. The molecule has 0 saturated carbocycles. The fourth-order valence-corrected chi connectivity index (χ4v) is 1.47. The molecule has 0 aliphatic heterocycles. The molecule has 0 radical (unpaired) electrons. The molecule has 0 rings (SSSR count). The van der Waals surface area contributed by atoms with E-state index in [-0.39, 0.29) is 13.2 Å². The van der Waals surface area contributed by atoms with Crippen LogP contribution in [-0.2, 0) is 28.6 Å². The number of hydrogen-bond acceptors (Lipinski definition) is 6. The summed E-state index contributed by atoms with van der Waals surface area (Å²) in [5, 5.41) is 0. The van der Waals surface area contributed by atoms with Gasteiger partial charge in [-0.05, 0) is 34.1 Å². The molecule has 6 nitrogen and oxygen atoms in total. The molecular weight excluding hydrogens is 326 g/mol. The summed E-state index contributed by atoms with van der Waals surface area (Å²) in [5.41, 5.74) is -0.659. The summed E-state index contributed by atoms with van der Waals surface area (Å²) < 4.78 is 41.2. The Morgan fingerprint density at radius 2 is 1.46 bits per heavy atom. The molecule has 0 unspecified atom stereocenters. The fourth-order valence-electron chi connectivity index (χ4n) is 1.47. The lowest BCUT2D eigenvalue weighted by Gasteiger charge is -2.20. The van der Waals surface area contributed by atoms with Crippen LogP contribution in [-0.4, -0.2) is 43.1 Å². The Hall–Kier alpha value is -1.73. The summed E-state index contributed by atoms with van der Waals surface area (Å²) in [7, 11) is 0. The van der Waals surface area contributed by atoms with Gasteiger partial charge >= 0.3 is 17.9 Å². The Labute approximate surface area is 140 Å². The van der Waals surface area contributed by atoms with Crippen LogP contribution in [0.1, 0.15) is 53.9 Å². The van der Waals surface area contributed by atoms with Crippen molar-refractivity contribution >= 4 is 17.9 Å². The molecule has 0 N–H and O–H groups in total. The lowest BCUT2D eigenvalue weighted by atomic mass is 9.91. The molecule has 24 heavy (non-hydrogen) atoms. The van der Waals surface area contributed by atoms with Crippen molar-refractivity contribution in [3.8, 4) is 0 Å². The average molecular weight is 352 g/mol. The summed E-state index contributed by atoms with van der Waals surface area (Å²) in [6.45, 7) is 7.77. The topological polar surface area (TPSA) is 78.9 Å². The number of rotatable bonds is 10. The summed E-state index contributed by atoms with van der Waals surface area (Å²) >= 11 is 0. The van der Waals surface area contributed by atoms with Gasteiger partial charge in [-0.3, -0.25) is 14.4 Å². The summed E-state index contributed by atoms with van der Waals surface area (Å²) in [5.74, 6) is -6.27. The predicted octanol–water partition coefficient (Wildman–Crippen LogP) is 2.88. The maximum Gasteiger partial charge on any atom is 0.312 e. The van der Waals surface area contributed by atoms with Crippen molar-refractivity contribution < 1.29 is 37.4 Å². The molecule has 8 heteroatoms. The van der Waals surface area contributed by atoms with Crippen molar-refractivity contribution in [3.05, 3.63) is 0 Å². The predicted molar refractivity (Wildman–Crippen MR) is 81.4 cm³/mol. The molecule has 0 amide bonds. The van der Waals surface area contributed by atoms with E-state index in [4.69, 9.17) is 4.74 Å². The Morgan fingerprint density at radius 1 is 0.958 bits per heavy atom. The second-order valence-corrected chi connectivity index (χ2v) is 6.34. The maximum absolute atomic E-state index is 13.5. The van der Waals surface area contributed by atoms with Gasteiger partial charge in [-0.1, -0.05) is 6.92 Å². The largest absolute Gasteiger partial charge is 0.463 e. The van der Waals surface area contributed by atoms with Crippen molar-refractivity contribution in [2.75, 3.05) is 13.2 Å². The van der Waals surface area contributed by atoms with E-state index in [9.17, 15) is 23.2 Å². The van der Waals surface area contributed by atoms with Crippen molar-refractivity contribution in [2.45, 2.75) is 65.9 Å². The van der Waals surface area contributed by atoms with Crippen LogP contribution in [0.3, 0.4) is 0 Å². The van der Waals surface area contributed by atoms with Crippen molar-refractivity contribution in [1.29, 1.82) is 0 Å². The van der Waals surface area contributed by atoms with Crippen LogP contribution in [0.15, 0.2) is 0 Å². The molecule has 0 atom stereocenters. The third-order valence-corrected chi connectivity index (χ3v) is 3.19. The Bertz CT molecular complexity index is 446. The Morgan fingerprint density at radius 3 is 1.96 bits per heavy atom. The monoisotopic (exact) mass is 352 g/mol. The Balaban J connectivity index is 4.13. The van der Waals surface area contributed by atoms with Crippen LogP contribution in [0, 0.1) is 5.41 Å². The van der Waals surface area contributed by atoms with Gasteiger partial charge in [-0.2, -0.15) is 0 Å². The molecule has 0 aliphatic carbocycles. The molecular formula is C16H26F2O6. The van der Waals surface area contributed by atoms with Crippen molar-refractivity contribution in [1.82, 2.24) is 0 Å². The minimum absolute atomic E-state index is 0.213. The maximum atomic E-state index is 13.5. The van der Waals surface area contributed by atoms with E-state index in [1.165, 1.54) is 13.8 Å². The first kappa shape index (κ1) is 22.3. The molecule has 0 aromatic heterocycles. The van der Waals surface area contributed by atoms with Crippen LogP contribution in [0.2, 0.25) is 0 Å². The van der Waals surface area contributed by atoms with Crippen LogP contribution >= 0.6 is 0 Å². The van der Waals surface area contributed by atoms with Gasteiger partial charge < -0.3 is 14.2 Å².